The molecule has 5 nitrogen and oxygen atoms in total. The summed E-state index contributed by atoms with van der Waals surface area (Å²) in [6.07, 6.45) is 4.90. The molecule has 3 aromatic rings. The van der Waals surface area contributed by atoms with E-state index in [2.05, 4.69) is 34.6 Å². The molecule has 5 heteroatoms. The first-order valence-corrected chi connectivity index (χ1v) is 8.37. The summed E-state index contributed by atoms with van der Waals surface area (Å²) in [5.41, 5.74) is 3.31. The summed E-state index contributed by atoms with van der Waals surface area (Å²) in [5.74, 6) is 0.816. The molecule has 1 atom stereocenters. The van der Waals surface area contributed by atoms with Crippen molar-refractivity contribution in [1.29, 1.82) is 0 Å². The Morgan fingerprint density at radius 2 is 1.96 bits per heavy atom. The number of aromatic nitrogens is 2. The average molecular weight is 337 g/mol. The molecule has 0 bridgehead atoms. The quantitative estimate of drug-likeness (QED) is 0.663. The maximum atomic E-state index is 10.1. The van der Waals surface area contributed by atoms with Crippen LogP contribution in [0.3, 0.4) is 0 Å². The molecule has 0 aliphatic carbocycles. The van der Waals surface area contributed by atoms with E-state index in [0.717, 1.165) is 22.6 Å². The maximum absolute atomic E-state index is 10.1. The van der Waals surface area contributed by atoms with Crippen LogP contribution in [-0.2, 0) is 6.54 Å². The highest BCUT2D eigenvalue weighted by Gasteiger charge is 2.06. The van der Waals surface area contributed by atoms with E-state index >= 15 is 0 Å². The third kappa shape index (κ3) is 4.92. The number of imidazole rings is 1. The number of aliphatic hydroxyl groups excluding tert-OH is 1. The second-order valence-electron chi connectivity index (χ2n) is 6.00. The zero-order chi connectivity index (χ0) is 17.5. The predicted octanol–water partition coefficient (Wildman–Crippen LogP) is 2.71. The molecule has 25 heavy (non-hydrogen) atoms. The smallest absolute Gasteiger partial charge is 0.122 e. The van der Waals surface area contributed by atoms with E-state index < -0.39 is 6.10 Å². The number of aryl methyl sites for hydroxylation is 1. The molecule has 0 aliphatic heterocycles. The van der Waals surface area contributed by atoms with E-state index in [1.54, 1.807) is 12.5 Å². The third-order valence-electron chi connectivity index (χ3n) is 3.97. The number of aliphatic hydroxyl groups is 1. The van der Waals surface area contributed by atoms with Gasteiger partial charge in [0.2, 0.25) is 0 Å². The van der Waals surface area contributed by atoms with Gasteiger partial charge in [-0.2, -0.15) is 0 Å². The fraction of sp³-hybridized carbons (Fsp3) is 0.250. The lowest BCUT2D eigenvalue weighted by Gasteiger charge is -2.14. The molecule has 0 aliphatic rings. The number of nitrogens with one attached hydrogen (secondary N) is 1. The van der Waals surface area contributed by atoms with Crippen LogP contribution in [0.1, 0.15) is 11.1 Å². The van der Waals surface area contributed by atoms with Gasteiger partial charge in [-0.15, -0.1) is 0 Å². The fourth-order valence-corrected chi connectivity index (χ4v) is 2.54. The van der Waals surface area contributed by atoms with Crippen molar-refractivity contribution >= 4 is 0 Å². The zero-order valence-electron chi connectivity index (χ0n) is 14.3. The van der Waals surface area contributed by atoms with Crippen LogP contribution in [0.15, 0.2) is 67.3 Å². The Kier molecular flexibility index (Phi) is 5.82. The Morgan fingerprint density at radius 3 is 2.68 bits per heavy atom. The number of benzene rings is 2. The van der Waals surface area contributed by atoms with Gasteiger partial charge in [0.25, 0.3) is 0 Å². The monoisotopic (exact) mass is 337 g/mol. The molecule has 130 valence electrons. The molecular weight excluding hydrogens is 314 g/mol. The third-order valence-corrected chi connectivity index (χ3v) is 3.97. The van der Waals surface area contributed by atoms with Gasteiger partial charge in [-0.25, -0.2) is 4.98 Å². The van der Waals surface area contributed by atoms with E-state index in [4.69, 9.17) is 4.74 Å². The van der Waals surface area contributed by atoms with Crippen LogP contribution < -0.4 is 10.1 Å². The number of hydrogen-bond acceptors (Lipinski definition) is 4. The first-order chi connectivity index (χ1) is 12.2. The van der Waals surface area contributed by atoms with E-state index in [9.17, 15) is 5.11 Å². The van der Waals surface area contributed by atoms with Crippen molar-refractivity contribution in [3.05, 3.63) is 78.4 Å². The number of hydrogen-bond donors (Lipinski definition) is 2. The molecule has 0 saturated carbocycles. The van der Waals surface area contributed by atoms with Gasteiger partial charge >= 0.3 is 0 Å². The largest absolute Gasteiger partial charge is 0.491 e. The summed E-state index contributed by atoms with van der Waals surface area (Å²) < 4.78 is 7.62. The van der Waals surface area contributed by atoms with E-state index in [1.165, 1.54) is 0 Å². The summed E-state index contributed by atoms with van der Waals surface area (Å²) >= 11 is 0. The van der Waals surface area contributed by atoms with Crippen LogP contribution >= 0.6 is 0 Å². The van der Waals surface area contributed by atoms with Crippen molar-refractivity contribution in [2.45, 2.75) is 19.6 Å². The van der Waals surface area contributed by atoms with Crippen LogP contribution in [0, 0.1) is 6.92 Å². The standard InChI is InChI=1S/C20H23N3O2/c1-16-4-2-3-5-20(16)25-14-19(24)13-22-12-17-6-8-18(9-7-17)23-11-10-21-15-23/h2-11,15,19,22,24H,12-14H2,1H3. The highest BCUT2D eigenvalue weighted by molar-refractivity contribution is 5.34. The van der Waals surface area contributed by atoms with Gasteiger partial charge in [0, 0.05) is 31.2 Å². The average Bonchev–Trinajstić information content (AvgIpc) is 3.16. The van der Waals surface area contributed by atoms with Crippen molar-refractivity contribution in [1.82, 2.24) is 14.9 Å². The van der Waals surface area contributed by atoms with Crippen LogP contribution in [0.25, 0.3) is 5.69 Å². The van der Waals surface area contributed by atoms with Crippen LogP contribution in [0.2, 0.25) is 0 Å². The molecule has 2 aromatic carbocycles. The number of nitrogens with zero attached hydrogens (tertiary/aromatic N) is 2. The molecule has 1 heterocycles. The van der Waals surface area contributed by atoms with Crippen molar-refractivity contribution in [3.63, 3.8) is 0 Å². The highest BCUT2D eigenvalue weighted by atomic mass is 16.5. The van der Waals surface area contributed by atoms with E-state index in [0.29, 0.717) is 13.1 Å². The van der Waals surface area contributed by atoms with Gasteiger partial charge in [0.15, 0.2) is 0 Å². The zero-order valence-corrected chi connectivity index (χ0v) is 14.3. The topological polar surface area (TPSA) is 59.3 Å². The second kappa shape index (κ2) is 8.46. The molecule has 0 amide bonds. The van der Waals surface area contributed by atoms with Gasteiger partial charge in [0.05, 0.1) is 6.33 Å². The lowest BCUT2D eigenvalue weighted by molar-refractivity contribution is 0.106. The van der Waals surface area contributed by atoms with Crippen LogP contribution in [-0.4, -0.2) is 33.9 Å². The van der Waals surface area contributed by atoms with Crippen LogP contribution in [0.4, 0.5) is 0 Å². The Balaban J connectivity index is 1.41. The Labute approximate surface area is 147 Å². The Hall–Kier alpha value is -2.63. The lowest BCUT2D eigenvalue weighted by Crippen LogP contribution is -2.31. The van der Waals surface area contributed by atoms with Gasteiger partial charge in [0.1, 0.15) is 18.5 Å². The maximum Gasteiger partial charge on any atom is 0.122 e. The van der Waals surface area contributed by atoms with E-state index in [-0.39, 0.29) is 6.61 Å². The minimum atomic E-state index is -0.551. The summed E-state index contributed by atoms with van der Waals surface area (Å²) in [6.45, 7) is 3.45. The first-order valence-electron chi connectivity index (χ1n) is 8.37. The number of para-hydroxylation sites is 1. The summed E-state index contributed by atoms with van der Waals surface area (Å²) in [5, 5.41) is 13.3. The molecule has 1 unspecified atom stereocenters. The molecule has 0 saturated heterocycles. The minimum absolute atomic E-state index is 0.275. The molecule has 0 spiro atoms. The molecule has 2 N–H and O–H groups in total. The number of ether oxygens (including phenoxy) is 1. The molecule has 3 rings (SSSR count). The van der Waals surface area contributed by atoms with Crippen molar-refractivity contribution < 1.29 is 9.84 Å². The van der Waals surface area contributed by atoms with E-state index in [1.807, 2.05) is 42.0 Å². The predicted molar refractivity (Wildman–Crippen MR) is 98.0 cm³/mol. The van der Waals surface area contributed by atoms with Crippen molar-refractivity contribution in [3.8, 4) is 11.4 Å². The molecule has 1 aromatic heterocycles. The Bertz CT molecular complexity index is 770. The van der Waals surface area contributed by atoms with Gasteiger partial charge in [-0.05, 0) is 36.2 Å². The first kappa shape index (κ1) is 17.2. The molecular formula is C20H23N3O2. The van der Waals surface area contributed by atoms with Gasteiger partial charge < -0.3 is 19.7 Å². The second-order valence-corrected chi connectivity index (χ2v) is 6.00. The van der Waals surface area contributed by atoms with Gasteiger partial charge in [-0.1, -0.05) is 30.3 Å². The summed E-state index contributed by atoms with van der Waals surface area (Å²) in [6, 6.07) is 16.0. The fourth-order valence-electron chi connectivity index (χ4n) is 2.54. The van der Waals surface area contributed by atoms with Crippen molar-refractivity contribution in [2.75, 3.05) is 13.2 Å². The normalized spacial score (nSPS) is 12.1. The molecule has 0 fully saturated rings. The Morgan fingerprint density at radius 1 is 1.16 bits per heavy atom. The van der Waals surface area contributed by atoms with Crippen LogP contribution in [0.5, 0.6) is 5.75 Å². The van der Waals surface area contributed by atoms with Crippen molar-refractivity contribution in [2.24, 2.45) is 0 Å². The SMILES string of the molecule is Cc1ccccc1OCC(O)CNCc1ccc(-n2ccnc2)cc1. The number of rotatable bonds is 8. The lowest BCUT2D eigenvalue weighted by atomic mass is 10.2. The van der Waals surface area contributed by atoms with Gasteiger partial charge in [-0.3, -0.25) is 0 Å². The molecule has 0 radical (unpaired) electrons. The summed E-state index contributed by atoms with van der Waals surface area (Å²) in [4.78, 5) is 4.05. The summed E-state index contributed by atoms with van der Waals surface area (Å²) in [7, 11) is 0. The highest BCUT2D eigenvalue weighted by Crippen LogP contribution is 2.16. The minimum Gasteiger partial charge on any atom is -0.491 e.